The van der Waals surface area contributed by atoms with Crippen molar-refractivity contribution in [3.63, 3.8) is 0 Å². The second-order valence-corrected chi connectivity index (χ2v) is 9.66. The highest BCUT2D eigenvalue weighted by atomic mass is 19.1. The number of hydrazone groups is 1. The number of likely N-dealkylation sites (tertiary alicyclic amines) is 1. The van der Waals surface area contributed by atoms with E-state index in [2.05, 4.69) is 29.2 Å². The lowest BCUT2D eigenvalue weighted by Gasteiger charge is -2.33. The summed E-state index contributed by atoms with van der Waals surface area (Å²) in [6.45, 7) is 2.06. The molecule has 0 N–H and O–H groups in total. The molecule has 5 rings (SSSR count). The third kappa shape index (κ3) is 5.49. The van der Waals surface area contributed by atoms with Crippen LogP contribution in [0.25, 0.3) is 0 Å². The van der Waals surface area contributed by atoms with Crippen molar-refractivity contribution < 1.29 is 13.9 Å². The number of nitrogens with zero attached hydrogens (tertiary/aromatic N) is 3. The Kier molecular flexibility index (Phi) is 7.42. The van der Waals surface area contributed by atoms with E-state index in [-0.39, 0.29) is 11.7 Å². The van der Waals surface area contributed by atoms with Crippen LogP contribution < -0.4 is 4.74 Å². The van der Waals surface area contributed by atoms with E-state index in [1.165, 1.54) is 16.6 Å². The van der Waals surface area contributed by atoms with Gasteiger partial charge in [0.1, 0.15) is 11.6 Å². The Hall–Kier alpha value is -3.51. The van der Waals surface area contributed by atoms with E-state index in [0.717, 1.165) is 49.4 Å². The molecule has 36 heavy (non-hydrogen) atoms. The zero-order chi connectivity index (χ0) is 24.9. The van der Waals surface area contributed by atoms with Crippen molar-refractivity contribution in [3.8, 4) is 5.75 Å². The molecule has 3 aromatic carbocycles. The van der Waals surface area contributed by atoms with Crippen LogP contribution in [0.5, 0.6) is 5.75 Å². The van der Waals surface area contributed by atoms with E-state index in [1.807, 2.05) is 36.4 Å². The van der Waals surface area contributed by atoms with Crippen molar-refractivity contribution in [2.45, 2.75) is 31.7 Å². The third-order valence-corrected chi connectivity index (χ3v) is 7.29. The Morgan fingerprint density at radius 3 is 2.36 bits per heavy atom. The van der Waals surface area contributed by atoms with Crippen LogP contribution in [0.3, 0.4) is 0 Å². The minimum Gasteiger partial charge on any atom is -0.497 e. The summed E-state index contributed by atoms with van der Waals surface area (Å²) in [5, 5.41) is 6.22. The second kappa shape index (κ2) is 11.0. The van der Waals surface area contributed by atoms with Crippen LogP contribution in [-0.2, 0) is 11.2 Å². The van der Waals surface area contributed by atoms with Gasteiger partial charge in [0, 0.05) is 12.0 Å². The van der Waals surface area contributed by atoms with Gasteiger partial charge in [-0.15, -0.1) is 0 Å². The van der Waals surface area contributed by atoms with Gasteiger partial charge in [-0.1, -0.05) is 48.5 Å². The fourth-order valence-corrected chi connectivity index (χ4v) is 5.25. The normalized spacial score (nSPS) is 18.8. The standard InChI is InChI=1S/C30H32FN3O2/c1-36-25-13-11-24(12-14-25)28-20-29(26-9-5-6-10-27(26)31)34(32-28)30(35)21-33-17-15-23(16-18-33)19-22-7-3-2-4-8-22/h2-14,23,29H,15-21H2,1H3/t29-/m0/s1. The molecule has 0 radical (unpaired) electrons. The summed E-state index contributed by atoms with van der Waals surface area (Å²) in [4.78, 5) is 15.7. The fraction of sp³-hybridized carbons (Fsp3) is 0.333. The van der Waals surface area contributed by atoms with Crippen LogP contribution in [-0.4, -0.2) is 48.3 Å². The Bertz CT molecular complexity index is 1200. The highest BCUT2D eigenvalue weighted by Gasteiger charge is 2.35. The maximum absolute atomic E-state index is 14.8. The zero-order valence-corrected chi connectivity index (χ0v) is 20.6. The molecule has 5 nitrogen and oxygen atoms in total. The maximum atomic E-state index is 14.8. The van der Waals surface area contributed by atoms with Gasteiger partial charge >= 0.3 is 0 Å². The van der Waals surface area contributed by atoms with Crippen molar-refractivity contribution in [1.29, 1.82) is 0 Å². The first-order chi connectivity index (χ1) is 17.6. The first-order valence-corrected chi connectivity index (χ1v) is 12.7. The highest BCUT2D eigenvalue weighted by molar-refractivity contribution is 6.03. The second-order valence-electron chi connectivity index (χ2n) is 9.66. The molecular weight excluding hydrogens is 453 g/mol. The summed E-state index contributed by atoms with van der Waals surface area (Å²) < 4.78 is 20.0. The number of rotatable bonds is 7. The molecule has 1 fully saturated rings. The Morgan fingerprint density at radius 1 is 0.972 bits per heavy atom. The molecule has 2 aliphatic rings. The molecule has 3 aromatic rings. The molecule has 2 aliphatic heterocycles. The van der Waals surface area contributed by atoms with Gasteiger partial charge in [-0.05, 0) is 79.7 Å². The van der Waals surface area contributed by atoms with E-state index in [1.54, 1.807) is 19.2 Å². The first kappa shape index (κ1) is 24.2. The van der Waals surface area contributed by atoms with Crippen LogP contribution in [0.2, 0.25) is 0 Å². The van der Waals surface area contributed by atoms with Gasteiger partial charge in [-0.25, -0.2) is 9.40 Å². The SMILES string of the molecule is COc1ccc(C2=NN(C(=O)CN3CCC(Cc4ccccc4)CC3)[C@H](c3ccccc3F)C2)cc1. The number of benzene rings is 3. The van der Waals surface area contributed by atoms with E-state index in [0.29, 0.717) is 24.4 Å². The number of amides is 1. The zero-order valence-electron chi connectivity index (χ0n) is 20.6. The lowest BCUT2D eigenvalue weighted by Crippen LogP contribution is -2.42. The van der Waals surface area contributed by atoms with Gasteiger partial charge < -0.3 is 4.74 Å². The number of piperidine rings is 1. The van der Waals surface area contributed by atoms with Crippen LogP contribution in [0.1, 0.15) is 42.0 Å². The Balaban J connectivity index is 1.28. The molecule has 1 saturated heterocycles. The van der Waals surface area contributed by atoms with Crippen LogP contribution in [0.4, 0.5) is 4.39 Å². The number of hydrogen-bond donors (Lipinski definition) is 0. The number of halogens is 1. The number of carbonyl (C=O) groups excluding carboxylic acids is 1. The van der Waals surface area contributed by atoms with E-state index >= 15 is 0 Å². The lowest BCUT2D eigenvalue weighted by molar-refractivity contribution is -0.134. The van der Waals surface area contributed by atoms with Crippen molar-refractivity contribution in [2.24, 2.45) is 11.0 Å². The van der Waals surface area contributed by atoms with Gasteiger partial charge in [-0.2, -0.15) is 5.10 Å². The van der Waals surface area contributed by atoms with E-state index in [9.17, 15) is 9.18 Å². The smallest absolute Gasteiger partial charge is 0.257 e. The molecule has 0 aromatic heterocycles. The largest absolute Gasteiger partial charge is 0.497 e. The molecule has 1 atom stereocenters. The van der Waals surface area contributed by atoms with Crippen LogP contribution in [0, 0.1) is 11.7 Å². The summed E-state index contributed by atoms with van der Waals surface area (Å²) in [7, 11) is 1.63. The van der Waals surface area contributed by atoms with Gasteiger partial charge in [0.15, 0.2) is 0 Å². The van der Waals surface area contributed by atoms with Crippen molar-refractivity contribution in [1.82, 2.24) is 9.91 Å². The highest BCUT2D eigenvalue weighted by Crippen LogP contribution is 2.34. The van der Waals surface area contributed by atoms with Gasteiger partial charge in [0.2, 0.25) is 0 Å². The van der Waals surface area contributed by atoms with E-state index in [4.69, 9.17) is 9.84 Å². The molecule has 0 unspecified atom stereocenters. The number of methoxy groups -OCH3 is 1. The van der Waals surface area contributed by atoms with E-state index < -0.39 is 6.04 Å². The summed E-state index contributed by atoms with van der Waals surface area (Å²) in [5.74, 6) is 0.990. The quantitative estimate of drug-likeness (QED) is 0.446. The predicted molar refractivity (Wildman–Crippen MR) is 139 cm³/mol. The molecule has 186 valence electrons. The molecular formula is C30H32FN3O2. The van der Waals surface area contributed by atoms with Crippen LogP contribution in [0.15, 0.2) is 84.0 Å². The minimum absolute atomic E-state index is 0.0896. The number of carbonyl (C=O) groups is 1. The van der Waals surface area contributed by atoms with Crippen molar-refractivity contribution >= 4 is 11.6 Å². The average molecular weight is 486 g/mol. The third-order valence-electron chi connectivity index (χ3n) is 7.29. The monoisotopic (exact) mass is 485 g/mol. The van der Waals surface area contributed by atoms with Gasteiger partial charge in [0.05, 0.1) is 25.4 Å². The van der Waals surface area contributed by atoms with Crippen molar-refractivity contribution in [3.05, 3.63) is 101 Å². The summed E-state index contributed by atoms with van der Waals surface area (Å²) in [6.07, 6.45) is 3.69. The number of hydrogen-bond acceptors (Lipinski definition) is 4. The minimum atomic E-state index is -0.452. The summed E-state index contributed by atoms with van der Waals surface area (Å²) in [5.41, 5.74) is 3.56. The molecule has 2 heterocycles. The Morgan fingerprint density at radius 2 is 1.67 bits per heavy atom. The Labute approximate surface area is 212 Å². The lowest BCUT2D eigenvalue weighted by atomic mass is 9.90. The molecule has 1 amide bonds. The summed E-state index contributed by atoms with van der Waals surface area (Å²) in [6, 6.07) is 24.4. The molecule has 0 spiro atoms. The average Bonchev–Trinajstić information content (AvgIpc) is 3.36. The van der Waals surface area contributed by atoms with Crippen molar-refractivity contribution in [2.75, 3.05) is 26.7 Å². The van der Waals surface area contributed by atoms with Crippen LogP contribution >= 0.6 is 0 Å². The maximum Gasteiger partial charge on any atom is 0.257 e. The first-order valence-electron chi connectivity index (χ1n) is 12.7. The van der Waals surface area contributed by atoms with Gasteiger partial charge in [-0.3, -0.25) is 9.69 Å². The molecule has 0 aliphatic carbocycles. The predicted octanol–water partition coefficient (Wildman–Crippen LogP) is 5.47. The summed E-state index contributed by atoms with van der Waals surface area (Å²) >= 11 is 0. The molecule has 6 heteroatoms. The molecule has 0 bridgehead atoms. The number of ether oxygens (including phenoxy) is 1. The fourth-order valence-electron chi connectivity index (χ4n) is 5.25. The molecule has 0 saturated carbocycles. The van der Waals surface area contributed by atoms with Gasteiger partial charge in [0.25, 0.3) is 5.91 Å². The topological polar surface area (TPSA) is 45.1 Å².